The molecule has 3 heterocycles. The minimum absolute atomic E-state index is 0.725. The normalized spacial score (nSPS) is 14.5. The van der Waals surface area contributed by atoms with Crippen molar-refractivity contribution in [3.63, 3.8) is 0 Å². The number of H-pyrrole nitrogens is 1. The van der Waals surface area contributed by atoms with Gasteiger partial charge < -0.3 is 19.8 Å². The smallest absolute Gasteiger partial charge is 0.178 e. The summed E-state index contributed by atoms with van der Waals surface area (Å²) in [5.74, 6) is 0.846. The Hall–Kier alpha value is -2.93. The second kappa shape index (κ2) is 8.07. The molecule has 0 spiro atoms. The highest BCUT2D eigenvalue weighted by Crippen LogP contribution is 2.28. The van der Waals surface area contributed by atoms with Crippen molar-refractivity contribution >= 4 is 45.7 Å². The molecule has 0 saturated carbocycles. The summed E-state index contributed by atoms with van der Waals surface area (Å²) in [6, 6.07) is 12.9. The van der Waals surface area contributed by atoms with Crippen LogP contribution in [0.2, 0.25) is 0 Å². The number of aryl methyl sites for hydroxylation is 1. The number of piperidine rings is 1. The number of nitrogens with one attached hydrogen (secondary N) is 2. The Morgan fingerprint density at radius 3 is 2.77 bits per heavy atom. The van der Waals surface area contributed by atoms with Gasteiger partial charge in [0.15, 0.2) is 4.77 Å². The molecule has 0 atom stereocenters. The predicted molar refractivity (Wildman–Crippen MR) is 126 cm³/mol. The molecule has 6 nitrogen and oxygen atoms in total. The molecule has 30 heavy (non-hydrogen) atoms. The Bertz CT molecular complexity index is 1250. The number of anilines is 2. The lowest BCUT2D eigenvalue weighted by molar-refractivity contribution is 0.576. The molecule has 0 radical (unpaired) electrons. The Balaban J connectivity index is 1.48. The topological polar surface area (TPSA) is 61.8 Å². The second-order valence-corrected chi connectivity index (χ2v) is 8.20. The highest BCUT2D eigenvalue weighted by Gasteiger charge is 2.15. The fourth-order valence-electron chi connectivity index (χ4n) is 4.44. The Morgan fingerprint density at radius 1 is 1.10 bits per heavy atom. The van der Waals surface area contributed by atoms with Crippen molar-refractivity contribution in [2.75, 3.05) is 23.3 Å². The molecule has 2 N–H and O–H groups in total. The summed E-state index contributed by atoms with van der Waals surface area (Å²) in [5.41, 5.74) is 5.63. The summed E-state index contributed by atoms with van der Waals surface area (Å²) in [6.45, 7) is 5.93. The molecule has 5 rings (SSSR count). The molecule has 0 bridgehead atoms. The van der Waals surface area contributed by atoms with Gasteiger partial charge in [-0.1, -0.05) is 18.2 Å². The zero-order valence-corrected chi connectivity index (χ0v) is 18.0. The van der Waals surface area contributed by atoms with Crippen molar-refractivity contribution in [1.82, 2.24) is 19.5 Å². The summed E-state index contributed by atoms with van der Waals surface area (Å²) in [4.78, 5) is 14.9. The molecular formula is C23H26N6S. The first-order valence-corrected chi connectivity index (χ1v) is 11.1. The van der Waals surface area contributed by atoms with E-state index in [-0.39, 0.29) is 0 Å². The second-order valence-electron chi connectivity index (χ2n) is 7.81. The Morgan fingerprint density at radius 2 is 1.93 bits per heavy atom. The van der Waals surface area contributed by atoms with Crippen LogP contribution in [0.3, 0.4) is 0 Å². The first-order chi connectivity index (χ1) is 14.7. The first-order valence-electron chi connectivity index (χ1n) is 10.7. The van der Waals surface area contributed by atoms with E-state index in [1.54, 1.807) is 6.33 Å². The van der Waals surface area contributed by atoms with E-state index in [1.807, 2.05) is 0 Å². The molecule has 1 aliphatic rings. The molecule has 7 heteroatoms. The SMILES string of the molecule is CCn1c(=S)[nH]c2cc3c(NCc4ccccc4N4CCCCC4)ncnc3cc21. The van der Waals surface area contributed by atoms with Crippen LogP contribution < -0.4 is 10.2 Å². The van der Waals surface area contributed by atoms with Gasteiger partial charge in [0.1, 0.15) is 12.1 Å². The number of imidazole rings is 1. The summed E-state index contributed by atoms with van der Waals surface area (Å²) < 4.78 is 2.83. The number of nitrogens with zero attached hydrogens (tertiary/aromatic N) is 4. The monoisotopic (exact) mass is 418 g/mol. The van der Waals surface area contributed by atoms with Crippen LogP contribution in [0.1, 0.15) is 31.7 Å². The van der Waals surface area contributed by atoms with E-state index in [0.29, 0.717) is 0 Å². The Kier molecular flexibility index (Phi) is 5.12. The lowest BCUT2D eigenvalue weighted by Crippen LogP contribution is -2.30. The molecule has 154 valence electrons. The molecule has 0 aliphatic carbocycles. The van der Waals surface area contributed by atoms with Crippen LogP contribution >= 0.6 is 12.2 Å². The minimum Gasteiger partial charge on any atom is -0.371 e. The molecule has 2 aromatic carbocycles. The van der Waals surface area contributed by atoms with Crippen molar-refractivity contribution < 1.29 is 0 Å². The van der Waals surface area contributed by atoms with Crippen molar-refractivity contribution in [2.45, 2.75) is 39.3 Å². The van der Waals surface area contributed by atoms with E-state index in [4.69, 9.17) is 12.2 Å². The highest BCUT2D eigenvalue weighted by atomic mass is 32.1. The molecule has 1 saturated heterocycles. The fourth-order valence-corrected chi connectivity index (χ4v) is 4.78. The van der Waals surface area contributed by atoms with Crippen LogP contribution in [0.15, 0.2) is 42.7 Å². The third-order valence-electron chi connectivity index (χ3n) is 5.98. The zero-order valence-electron chi connectivity index (χ0n) is 17.2. The lowest BCUT2D eigenvalue weighted by atomic mass is 10.1. The van der Waals surface area contributed by atoms with Gasteiger partial charge in [-0.3, -0.25) is 0 Å². The summed E-state index contributed by atoms with van der Waals surface area (Å²) in [7, 11) is 0. The third-order valence-corrected chi connectivity index (χ3v) is 6.30. The molecule has 0 unspecified atom stereocenters. The van der Waals surface area contributed by atoms with Gasteiger partial charge in [0.2, 0.25) is 0 Å². The van der Waals surface area contributed by atoms with Gasteiger partial charge in [0.25, 0.3) is 0 Å². The number of aromatic amines is 1. The van der Waals surface area contributed by atoms with Crippen LogP contribution in [0.25, 0.3) is 21.9 Å². The van der Waals surface area contributed by atoms with Crippen LogP contribution in [0.5, 0.6) is 0 Å². The van der Waals surface area contributed by atoms with E-state index in [2.05, 4.69) is 73.1 Å². The van der Waals surface area contributed by atoms with Crippen LogP contribution in [0, 0.1) is 4.77 Å². The highest BCUT2D eigenvalue weighted by molar-refractivity contribution is 7.71. The average Bonchev–Trinajstić information content (AvgIpc) is 3.10. The summed E-state index contributed by atoms with van der Waals surface area (Å²) >= 11 is 5.47. The zero-order chi connectivity index (χ0) is 20.5. The van der Waals surface area contributed by atoms with E-state index in [9.17, 15) is 0 Å². The van der Waals surface area contributed by atoms with Gasteiger partial charge in [-0.2, -0.15) is 0 Å². The number of benzene rings is 2. The van der Waals surface area contributed by atoms with Crippen molar-refractivity contribution in [3.8, 4) is 0 Å². The molecule has 1 fully saturated rings. The molecule has 0 amide bonds. The Labute approximate surface area is 181 Å². The molecule has 1 aliphatic heterocycles. The number of fused-ring (bicyclic) bond motifs is 2. The van der Waals surface area contributed by atoms with Crippen LogP contribution in [-0.4, -0.2) is 32.6 Å². The quantitative estimate of drug-likeness (QED) is 0.433. The predicted octanol–water partition coefficient (Wildman–Crippen LogP) is 5.26. The maximum atomic E-state index is 5.47. The third kappa shape index (κ3) is 3.43. The van der Waals surface area contributed by atoms with Gasteiger partial charge in [-0.05, 0) is 62.2 Å². The molecule has 4 aromatic rings. The maximum absolute atomic E-state index is 5.47. The van der Waals surface area contributed by atoms with E-state index < -0.39 is 0 Å². The van der Waals surface area contributed by atoms with Gasteiger partial charge in [-0.25, -0.2) is 9.97 Å². The fraction of sp³-hybridized carbons (Fsp3) is 0.348. The summed E-state index contributed by atoms with van der Waals surface area (Å²) in [6.07, 6.45) is 5.51. The van der Waals surface area contributed by atoms with E-state index >= 15 is 0 Å². The number of aromatic nitrogens is 4. The standard InChI is InChI=1S/C23H26N6S/c1-2-29-21-13-18-17(12-19(21)27-23(29)30)22(26-15-25-18)24-14-16-8-4-5-9-20(16)28-10-6-3-7-11-28/h4-5,8-9,12-13,15H,2-3,6-7,10-11,14H2,1H3,(H,27,30)(H,24,25,26). The number of hydrogen-bond acceptors (Lipinski definition) is 5. The largest absolute Gasteiger partial charge is 0.371 e. The van der Waals surface area contributed by atoms with E-state index in [0.717, 1.165) is 58.7 Å². The van der Waals surface area contributed by atoms with E-state index in [1.165, 1.54) is 30.5 Å². The van der Waals surface area contributed by atoms with Gasteiger partial charge in [0, 0.05) is 37.3 Å². The van der Waals surface area contributed by atoms with Gasteiger partial charge >= 0.3 is 0 Å². The van der Waals surface area contributed by atoms with Crippen molar-refractivity contribution in [1.29, 1.82) is 0 Å². The van der Waals surface area contributed by atoms with Gasteiger partial charge in [-0.15, -0.1) is 0 Å². The van der Waals surface area contributed by atoms with Crippen molar-refractivity contribution in [3.05, 3.63) is 53.1 Å². The lowest BCUT2D eigenvalue weighted by Gasteiger charge is -2.30. The van der Waals surface area contributed by atoms with Crippen LogP contribution in [-0.2, 0) is 13.1 Å². The first kappa shape index (κ1) is 19.1. The van der Waals surface area contributed by atoms with Crippen LogP contribution in [0.4, 0.5) is 11.5 Å². The molecular weight excluding hydrogens is 392 g/mol. The molecule has 2 aromatic heterocycles. The minimum atomic E-state index is 0.725. The number of para-hydroxylation sites is 1. The number of rotatable bonds is 5. The maximum Gasteiger partial charge on any atom is 0.178 e. The van der Waals surface area contributed by atoms with Crippen molar-refractivity contribution in [2.24, 2.45) is 0 Å². The summed E-state index contributed by atoms with van der Waals surface area (Å²) in [5, 5.41) is 4.56. The number of hydrogen-bond donors (Lipinski definition) is 2. The van der Waals surface area contributed by atoms with Gasteiger partial charge in [0.05, 0.1) is 16.6 Å². The average molecular weight is 419 g/mol.